The zero-order valence-electron chi connectivity index (χ0n) is 14.5. The van der Waals surface area contributed by atoms with E-state index in [1.807, 2.05) is 30.3 Å². The third kappa shape index (κ3) is 3.69. The van der Waals surface area contributed by atoms with Crippen LogP contribution in [0.5, 0.6) is 0 Å². The quantitative estimate of drug-likeness (QED) is 0.745. The van der Waals surface area contributed by atoms with Crippen molar-refractivity contribution in [3.05, 3.63) is 51.5 Å². The van der Waals surface area contributed by atoms with Crippen LogP contribution in [0.2, 0.25) is 0 Å². The number of hydrogen-bond donors (Lipinski definition) is 0. The lowest BCUT2D eigenvalue weighted by molar-refractivity contribution is 0.295. The summed E-state index contributed by atoms with van der Waals surface area (Å²) in [5.74, 6) is 6.24. The van der Waals surface area contributed by atoms with E-state index in [4.69, 9.17) is 0 Å². The Morgan fingerprint density at radius 3 is 2.50 bits per heavy atom. The molecule has 0 saturated carbocycles. The van der Waals surface area contributed by atoms with Gasteiger partial charge in [0, 0.05) is 36.5 Å². The summed E-state index contributed by atoms with van der Waals surface area (Å²) < 4.78 is 29.0. The van der Waals surface area contributed by atoms with E-state index >= 15 is 0 Å². The molecule has 0 bridgehead atoms. The van der Waals surface area contributed by atoms with Crippen molar-refractivity contribution in [1.82, 2.24) is 13.6 Å². The molecule has 5 nitrogen and oxygen atoms in total. The molecule has 7 heteroatoms. The number of benzene rings is 1. The first-order valence-corrected chi connectivity index (χ1v) is 11.2. The summed E-state index contributed by atoms with van der Waals surface area (Å²) in [7, 11) is -3.36. The van der Waals surface area contributed by atoms with Crippen molar-refractivity contribution in [1.29, 1.82) is 0 Å². The van der Waals surface area contributed by atoms with Crippen LogP contribution in [-0.4, -0.2) is 41.6 Å². The van der Waals surface area contributed by atoms with Crippen LogP contribution in [0.15, 0.2) is 30.3 Å². The van der Waals surface area contributed by atoms with Gasteiger partial charge < -0.3 is 0 Å². The lowest BCUT2D eigenvalue weighted by Gasteiger charge is -2.33. The Labute approximate surface area is 158 Å². The molecule has 4 rings (SSSR count). The fourth-order valence-electron chi connectivity index (χ4n) is 3.33. The minimum absolute atomic E-state index is 0.416. The van der Waals surface area contributed by atoms with Gasteiger partial charge in [0.25, 0.3) is 10.2 Å². The van der Waals surface area contributed by atoms with Gasteiger partial charge in [-0.25, -0.2) is 4.98 Å². The Bertz CT molecular complexity index is 936. The maximum absolute atomic E-state index is 12.9. The van der Waals surface area contributed by atoms with Crippen LogP contribution in [0.4, 0.5) is 0 Å². The monoisotopic (exact) mass is 387 g/mol. The number of hydrogen-bond acceptors (Lipinski definition) is 4. The molecular weight excluding hydrogens is 366 g/mol. The van der Waals surface area contributed by atoms with Crippen molar-refractivity contribution in [2.24, 2.45) is 0 Å². The van der Waals surface area contributed by atoms with E-state index in [-0.39, 0.29) is 0 Å². The Kier molecular flexibility index (Phi) is 5.09. The van der Waals surface area contributed by atoms with Crippen LogP contribution >= 0.6 is 11.3 Å². The van der Waals surface area contributed by atoms with Crippen molar-refractivity contribution >= 4 is 21.5 Å². The van der Waals surface area contributed by atoms with Gasteiger partial charge in [0.1, 0.15) is 0 Å². The van der Waals surface area contributed by atoms with E-state index < -0.39 is 10.2 Å². The molecule has 1 saturated heterocycles. The third-order valence-corrected chi connectivity index (χ3v) is 7.73. The standard InChI is InChI=1S/C19H21N3O2S2/c23-26(24,21-12-5-2-6-13-21)22-14-11-17-18(15-22)25-19(20-17)10-9-16-7-3-1-4-8-16/h1,3-4,7-8H,2,5-6,11-15H2. The molecule has 0 spiro atoms. The van der Waals surface area contributed by atoms with Crippen LogP contribution in [-0.2, 0) is 23.2 Å². The van der Waals surface area contributed by atoms with Gasteiger partial charge in [-0.2, -0.15) is 17.0 Å². The van der Waals surface area contributed by atoms with Crippen molar-refractivity contribution in [3.63, 3.8) is 0 Å². The van der Waals surface area contributed by atoms with Gasteiger partial charge in [-0.05, 0) is 30.9 Å². The number of thiazole rings is 1. The molecule has 3 heterocycles. The number of piperidine rings is 1. The molecule has 0 radical (unpaired) electrons. The summed E-state index contributed by atoms with van der Waals surface area (Å²) in [5, 5.41) is 0.760. The molecule has 26 heavy (non-hydrogen) atoms. The average molecular weight is 388 g/mol. The van der Waals surface area contributed by atoms with Crippen molar-refractivity contribution in [2.45, 2.75) is 32.2 Å². The van der Waals surface area contributed by atoms with Crippen LogP contribution < -0.4 is 0 Å². The molecule has 2 aromatic rings. The minimum atomic E-state index is -3.36. The van der Waals surface area contributed by atoms with Gasteiger partial charge in [0.05, 0.1) is 12.2 Å². The number of fused-ring (bicyclic) bond motifs is 1. The van der Waals surface area contributed by atoms with Crippen LogP contribution in [0.1, 0.15) is 40.4 Å². The molecule has 0 N–H and O–H groups in total. The fraction of sp³-hybridized carbons (Fsp3) is 0.421. The van der Waals surface area contributed by atoms with Crippen LogP contribution in [0, 0.1) is 11.8 Å². The van der Waals surface area contributed by atoms with E-state index in [1.54, 1.807) is 8.61 Å². The van der Waals surface area contributed by atoms with Gasteiger partial charge in [0.15, 0.2) is 5.01 Å². The number of aromatic nitrogens is 1. The first-order chi connectivity index (χ1) is 12.6. The largest absolute Gasteiger partial charge is 0.282 e. The fourth-order valence-corrected chi connectivity index (χ4v) is 6.05. The summed E-state index contributed by atoms with van der Waals surface area (Å²) >= 11 is 1.51. The zero-order chi connectivity index (χ0) is 18.0. The van der Waals surface area contributed by atoms with Crippen LogP contribution in [0.3, 0.4) is 0 Å². The molecule has 2 aliphatic heterocycles. The second-order valence-corrected chi connectivity index (χ2v) is 9.57. The molecular formula is C19H21N3O2S2. The SMILES string of the molecule is O=S(=O)(N1CCCCC1)N1CCc2nc(C#Cc3ccccc3)sc2C1. The van der Waals surface area contributed by atoms with E-state index in [0.717, 1.165) is 40.4 Å². The zero-order valence-corrected chi connectivity index (χ0v) is 16.2. The average Bonchev–Trinajstić information content (AvgIpc) is 3.10. The van der Waals surface area contributed by atoms with E-state index in [9.17, 15) is 8.42 Å². The van der Waals surface area contributed by atoms with Gasteiger partial charge in [-0.15, -0.1) is 11.3 Å². The number of rotatable bonds is 2. The van der Waals surface area contributed by atoms with Crippen molar-refractivity contribution in [2.75, 3.05) is 19.6 Å². The summed E-state index contributed by atoms with van der Waals surface area (Å²) in [5.41, 5.74) is 1.95. The molecule has 1 aromatic heterocycles. The van der Waals surface area contributed by atoms with Crippen molar-refractivity contribution in [3.8, 4) is 11.8 Å². The van der Waals surface area contributed by atoms with Gasteiger partial charge >= 0.3 is 0 Å². The Morgan fingerprint density at radius 1 is 0.962 bits per heavy atom. The summed E-state index contributed by atoms with van der Waals surface area (Å²) in [6.45, 7) is 2.20. The second kappa shape index (κ2) is 7.49. The summed E-state index contributed by atoms with van der Waals surface area (Å²) in [6.07, 6.45) is 3.69. The Balaban J connectivity index is 1.51. The number of nitrogens with zero attached hydrogens (tertiary/aromatic N) is 3. The molecule has 2 aliphatic rings. The molecule has 0 amide bonds. The van der Waals surface area contributed by atoms with Gasteiger partial charge in [-0.3, -0.25) is 0 Å². The predicted molar refractivity (Wildman–Crippen MR) is 103 cm³/mol. The smallest absolute Gasteiger partial charge is 0.232 e. The maximum Gasteiger partial charge on any atom is 0.282 e. The normalized spacial score (nSPS) is 18.8. The van der Waals surface area contributed by atoms with Crippen molar-refractivity contribution < 1.29 is 8.42 Å². The van der Waals surface area contributed by atoms with Crippen LogP contribution in [0.25, 0.3) is 0 Å². The molecule has 136 valence electrons. The highest BCUT2D eigenvalue weighted by Crippen LogP contribution is 2.28. The molecule has 0 unspecified atom stereocenters. The Morgan fingerprint density at radius 2 is 1.73 bits per heavy atom. The lowest BCUT2D eigenvalue weighted by atomic mass is 10.2. The Hall–Kier alpha value is -1.72. The highest BCUT2D eigenvalue weighted by molar-refractivity contribution is 7.86. The molecule has 0 aliphatic carbocycles. The first kappa shape index (κ1) is 17.7. The second-order valence-electron chi connectivity index (χ2n) is 6.56. The molecule has 0 atom stereocenters. The first-order valence-electron chi connectivity index (χ1n) is 8.94. The third-order valence-electron chi connectivity index (χ3n) is 4.75. The maximum atomic E-state index is 12.9. The van der Waals surface area contributed by atoms with Gasteiger partial charge in [0.2, 0.25) is 0 Å². The van der Waals surface area contributed by atoms with E-state index in [2.05, 4.69) is 16.8 Å². The highest BCUT2D eigenvalue weighted by Gasteiger charge is 2.34. The predicted octanol–water partition coefficient (Wildman–Crippen LogP) is 2.63. The highest BCUT2D eigenvalue weighted by atomic mass is 32.2. The topological polar surface area (TPSA) is 53.5 Å². The van der Waals surface area contributed by atoms with E-state index in [1.165, 1.54) is 11.3 Å². The minimum Gasteiger partial charge on any atom is -0.232 e. The summed E-state index contributed by atoms with van der Waals surface area (Å²) in [4.78, 5) is 5.63. The molecule has 1 fully saturated rings. The molecule has 1 aromatic carbocycles. The summed E-state index contributed by atoms with van der Waals surface area (Å²) in [6, 6.07) is 9.81. The lowest BCUT2D eigenvalue weighted by Crippen LogP contribution is -2.47. The van der Waals surface area contributed by atoms with E-state index in [0.29, 0.717) is 32.6 Å². The van der Waals surface area contributed by atoms with Gasteiger partial charge in [-0.1, -0.05) is 30.5 Å².